The van der Waals surface area contributed by atoms with Gasteiger partial charge in [-0.25, -0.2) is 9.18 Å². The highest BCUT2D eigenvalue weighted by atomic mass is 19.1. The van der Waals surface area contributed by atoms with Gasteiger partial charge in [0, 0.05) is 25.7 Å². The maximum atomic E-state index is 13.3. The summed E-state index contributed by atoms with van der Waals surface area (Å²) in [5.41, 5.74) is 2.93. The summed E-state index contributed by atoms with van der Waals surface area (Å²) in [6.07, 6.45) is 0. The summed E-state index contributed by atoms with van der Waals surface area (Å²) < 4.78 is 18.5. The highest BCUT2D eigenvalue weighted by molar-refractivity contribution is 5.75. The molecule has 0 spiro atoms. The lowest BCUT2D eigenvalue weighted by Crippen LogP contribution is -2.40. The Bertz CT molecular complexity index is 749. The van der Waals surface area contributed by atoms with Gasteiger partial charge in [-0.3, -0.25) is 0 Å². The normalized spacial score (nSPS) is 14.1. The molecule has 0 saturated heterocycles. The van der Waals surface area contributed by atoms with Crippen LogP contribution in [0.15, 0.2) is 42.5 Å². The zero-order chi connectivity index (χ0) is 17.8. The molecule has 132 valence electrons. The number of carbonyl (C=O) groups excluding carboxylic acids is 1. The lowest BCUT2D eigenvalue weighted by atomic mass is 10.1. The molecule has 2 amide bonds. The fourth-order valence-electron chi connectivity index (χ4n) is 3.03. The van der Waals surface area contributed by atoms with E-state index in [0.29, 0.717) is 19.6 Å². The maximum Gasteiger partial charge on any atom is 0.318 e. The minimum absolute atomic E-state index is 0.00252. The Morgan fingerprint density at radius 3 is 2.60 bits per heavy atom. The molecule has 1 aliphatic heterocycles. The summed E-state index contributed by atoms with van der Waals surface area (Å²) >= 11 is 0. The average molecular weight is 343 g/mol. The van der Waals surface area contributed by atoms with Crippen molar-refractivity contribution in [3.8, 4) is 5.75 Å². The highest BCUT2D eigenvalue weighted by Gasteiger charge is 2.24. The van der Waals surface area contributed by atoms with E-state index >= 15 is 0 Å². The van der Waals surface area contributed by atoms with Crippen LogP contribution in [0.1, 0.15) is 22.7 Å². The minimum atomic E-state index is -0.268. The Morgan fingerprint density at radius 2 is 1.92 bits per heavy atom. The molecule has 0 radical (unpaired) electrons. The lowest BCUT2D eigenvalue weighted by Gasteiger charge is -2.21. The molecule has 2 N–H and O–H groups in total. The quantitative estimate of drug-likeness (QED) is 0.878. The monoisotopic (exact) mass is 343 g/mol. The molecule has 1 aliphatic rings. The SMILES string of the molecule is CNC(CNC(=O)N1Cc2ccc(F)cc2C1)c1ccc(OC)cc1. The Kier molecular flexibility index (Phi) is 5.19. The smallest absolute Gasteiger partial charge is 0.318 e. The Hall–Kier alpha value is -2.60. The van der Waals surface area contributed by atoms with Crippen molar-refractivity contribution >= 4 is 6.03 Å². The molecule has 6 heteroatoms. The van der Waals surface area contributed by atoms with Crippen LogP contribution in [0.2, 0.25) is 0 Å². The van der Waals surface area contributed by atoms with E-state index in [1.165, 1.54) is 12.1 Å². The summed E-state index contributed by atoms with van der Waals surface area (Å²) in [5, 5.41) is 6.15. The molecule has 1 unspecified atom stereocenters. The van der Waals surface area contributed by atoms with Crippen molar-refractivity contribution in [1.82, 2.24) is 15.5 Å². The third-order valence-corrected chi connectivity index (χ3v) is 4.50. The fourth-order valence-corrected chi connectivity index (χ4v) is 3.03. The van der Waals surface area contributed by atoms with E-state index < -0.39 is 0 Å². The van der Waals surface area contributed by atoms with Gasteiger partial charge in [0.1, 0.15) is 11.6 Å². The number of rotatable bonds is 5. The maximum absolute atomic E-state index is 13.3. The number of urea groups is 1. The van der Waals surface area contributed by atoms with Crippen LogP contribution in [-0.2, 0) is 13.1 Å². The zero-order valence-corrected chi connectivity index (χ0v) is 14.4. The van der Waals surface area contributed by atoms with Crippen LogP contribution in [0.4, 0.5) is 9.18 Å². The third-order valence-electron chi connectivity index (χ3n) is 4.50. The zero-order valence-electron chi connectivity index (χ0n) is 14.4. The van der Waals surface area contributed by atoms with Gasteiger partial charge in [-0.2, -0.15) is 0 Å². The molecule has 0 bridgehead atoms. The minimum Gasteiger partial charge on any atom is -0.497 e. The topological polar surface area (TPSA) is 53.6 Å². The van der Waals surface area contributed by atoms with Crippen LogP contribution < -0.4 is 15.4 Å². The molecular weight excluding hydrogens is 321 g/mol. The molecule has 2 aromatic carbocycles. The van der Waals surface area contributed by atoms with Crippen molar-refractivity contribution < 1.29 is 13.9 Å². The molecule has 0 aliphatic carbocycles. The number of benzene rings is 2. The van der Waals surface area contributed by atoms with E-state index in [-0.39, 0.29) is 17.9 Å². The van der Waals surface area contributed by atoms with Crippen molar-refractivity contribution in [2.24, 2.45) is 0 Å². The van der Waals surface area contributed by atoms with E-state index in [1.54, 1.807) is 18.1 Å². The van der Waals surface area contributed by atoms with Crippen LogP contribution in [0.3, 0.4) is 0 Å². The van der Waals surface area contributed by atoms with E-state index in [0.717, 1.165) is 22.4 Å². The van der Waals surface area contributed by atoms with E-state index in [9.17, 15) is 9.18 Å². The van der Waals surface area contributed by atoms with Crippen molar-refractivity contribution in [2.45, 2.75) is 19.1 Å². The number of ether oxygens (including phenoxy) is 1. The fraction of sp³-hybridized carbons (Fsp3) is 0.316. The van der Waals surface area contributed by atoms with Gasteiger partial charge >= 0.3 is 6.03 Å². The summed E-state index contributed by atoms with van der Waals surface area (Å²) in [4.78, 5) is 14.1. The van der Waals surface area contributed by atoms with Crippen molar-refractivity contribution in [3.63, 3.8) is 0 Å². The van der Waals surface area contributed by atoms with Crippen molar-refractivity contribution in [3.05, 3.63) is 65.0 Å². The number of amides is 2. The Labute approximate surface area is 146 Å². The summed E-state index contributed by atoms with van der Waals surface area (Å²) in [5.74, 6) is 0.528. The Morgan fingerprint density at radius 1 is 1.20 bits per heavy atom. The molecule has 0 fully saturated rings. The first-order valence-electron chi connectivity index (χ1n) is 8.22. The number of fused-ring (bicyclic) bond motifs is 1. The highest BCUT2D eigenvalue weighted by Crippen LogP contribution is 2.23. The Balaban J connectivity index is 1.57. The van der Waals surface area contributed by atoms with Gasteiger partial charge < -0.3 is 20.3 Å². The van der Waals surface area contributed by atoms with Crippen molar-refractivity contribution in [1.29, 1.82) is 0 Å². The molecule has 25 heavy (non-hydrogen) atoms. The number of halogens is 1. The molecule has 1 atom stereocenters. The number of nitrogens with one attached hydrogen (secondary N) is 2. The second-order valence-corrected chi connectivity index (χ2v) is 6.07. The van der Waals surface area contributed by atoms with E-state index in [1.807, 2.05) is 31.3 Å². The van der Waals surface area contributed by atoms with Gasteiger partial charge in [0.2, 0.25) is 0 Å². The van der Waals surface area contributed by atoms with Crippen LogP contribution >= 0.6 is 0 Å². The molecule has 0 aromatic heterocycles. The average Bonchev–Trinajstić information content (AvgIpc) is 3.05. The van der Waals surface area contributed by atoms with Gasteiger partial charge in [0.25, 0.3) is 0 Å². The number of hydrogen-bond donors (Lipinski definition) is 2. The lowest BCUT2D eigenvalue weighted by molar-refractivity contribution is 0.197. The molecule has 3 rings (SSSR count). The van der Waals surface area contributed by atoms with Gasteiger partial charge in [0.15, 0.2) is 0 Å². The molecule has 0 saturated carbocycles. The molecular formula is C19H22FN3O2. The number of hydrogen-bond acceptors (Lipinski definition) is 3. The van der Waals surface area contributed by atoms with Crippen LogP contribution in [-0.4, -0.2) is 31.6 Å². The second kappa shape index (κ2) is 7.53. The van der Waals surface area contributed by atoms with Gasteiger partial charge in [-0.1, -0.05) is 18.2 Å². The third kappa shape index (κ3) is 3.91. The van der Waals surface area contributed by atoms with E-state index in [4.69, 9.17) is 4.74 Å². The van der Waals surface area contributed by atoms with Gasteiger partial charge in [-0.15, -0.1) is 0 Å². The molecule has 1 heterocycles. The first-order chi connectivity index (χ1) is 12.1. The first-order valence-corrected chi connectivity index (χ1v) is 8.22. The number of methoxy groups -OCH3 is 1. The van der Waals surface area contributed by atoms with Crippen molar-refractivity contribution in [2.75, 3.05) is 20.7 Å². The molecule has 2 aromatic rings. The van der Waals surface area contributed by atoms with Crippen LogP contribution in [0.25, 0.3) is 0 Å². The predicted octanol–water partition coefficient (Wildman–Crippen LogP) is 2.82. The summed E-state index contributed by atoms with van der Waals surface area (Å²) in [7, 11) is 3.49. The number of carbonyl (C=O) groups is 1. The van der Waals surface area contributed by atoms with Crippen LogP contribution in [0, 0.1) is 5.82 Å². The number of nitrogens with zero attached hydrogens (tertiary/aromatic N) is 1. The molecule has 5 nitrogen and oxygen atoms in total. The van der Waals surface area contributed by atoms with Crippen LogP contribution in [0.5, 0.6) is 5.75 Å². The first kappa shape index (κ1) is 17.2. The van der Waals surface area contributed by atoms with Gasteiger partial charge in [-0.05, 0) is 48.0 Å². The summed E-state index contributed by atoms with van der Waals surface area (Å²) in [6, 6.07) is 12.3. The predicted molar refractivity (Wildman–Crippen MR) is 93.8 cm³/mol. The second-order valence-electron chi connectivity index (χ2n) is 6.07. The summed E-state index contributed by atoms with van der Waals surface area (Å²) in [6.45, 7) is 1.41. The standard InChI is InChI=1S/C19H22FN3O2/c1-21-18(13-4-7-17(25-2)8-5-13)10-22-19(24)23-11-14-3-6-16(20)9-15(14)12-23/h3-9,18,21H,10-12H2,1-2H3,(H,22,24). The number of likely N-dealkylation sites (N-methyl/N-ethyl adjacent to an activating group) is 1. The largest absolute Gasteiger partial charge is 0.497 e. The van der Waals surface area contributed by atoms with Gasteiger partial charge in [0.05, 0.1) is 7.11 Å². The van der Waals surface area contributed by atoms with E-state index in [2.05, 4.69) is 10.6 Å².